The van der Waals surface area contributed by atoms with E-state index in [0.29, 0.717) is 17.9 Å². The molecule has 5 nitrogen and oxygen atoms in total. The Morgan fingerprint density at radius 1 is 1.14 bits per heavy atom. The van der Waals surface area contributed by atoms with Crippen LogP contribution in [-0.2, 0) is 13.0 Å². The van der Waals surface area contributed by atoms with Crippen LogP contribution in [0.15, 0.2) is 48.8 Å². The Kier molecular flexibility index (Phi) is 4.59. The molecule has 0 aliphatic heterocycles. The summed E-state index contributed by atoms with van der Waals surface area (Å²) in [4.78, 5) is 21.1. The fourth-order valence-electron chi connectivity index (χ4n) is 3.79. The lowest BCUT2D eigenvalue weighted by molar-refractivity contribution is 0.0696. The van der Waals surface area contributed by atoms with E-state index in [1.807, 2.05) is 37.5 Å². The molecule has 0 unspecified atom stereocenters. The van der Waals surface area contributed by atoms with Crippen LogP contribution in [0.25, 0.3) is 21.9 Å². The summed E-state index contributed by atoms with van der Waals surface area (Å²) >= 11 is 0. The molecule has 0 bridgehead atoms. The quantitative estimate of drug-likeness (QED) is 0.544. The van der Waals surface area contributed by atoms with Gasteiger partial charge in [-0.1, -0.05) is 44.2 Å². The molecule has 4 rings (SSSR count). The molecule has 0 aliphatic rings. The molecule has 2 aromatic heterocycles. The summed E-state index contributed by atoms with van der Waals surface area (Å²) in [6.45, 7) is 7.12. The minimum Gasteiger partial charge on any atom is -0.478 e. The molecule has 142 valence electrons. The third kappa shape index (κ3) is 3.13. The number of carbonyl (C=O) groups is 1. The first kappa shape index (κ1) is 18.2. The standard InChI is InChI=1S/C23H23N3O2/c1-14(2)12-26-13-24-21-20(25-19-10-5-4-8-18(19)22(21)26)11-16-7-6-9-17(15(16)3)23(27)28/h4-10,13-14H,11-12H2,1-3H3,(H,27,28). The highest BCUT2D eigenvalue weighted by Gasteiger charge is 2.17. The largest absolute Gasteiger partial charge is 0.478 e. The van der Waals surface area contributed by atoms with Gasteiger partial charge in [0.15, 0.2) is 0 Å². The van der Waals surface area contributed by atoms with Gasteiger partial charge in [0, 0.05) is 18.4 Å². The SMILES string of the molecule is Cc1c(Cc2nc3ccccc3c3c2ncn3CC(C)C)cccc1C(=O)O. The van der Waals surface area contributed by atoms with Crippen molar-refractivity contribution in [1.82, 2.24) is 14.5 Å². The number of aromatic carboxylic acids is 1. The second-order valence-corrected chi connectivity index (χ2v) is 7.64. The lowest BCUT2D eigenvalue weighted by atomic mass is 9.98. The number of para-hydroxylation sites is 1. The maximum atomic E-state index is 11.5. The molecule has 0 aliphatic carbocycles. The first-order valence-corrected chi connectivity index (χ1v) is 9.50. The molecular formula is C23H23N3O2. The van der Waals surface area contributed by atoms with Gasteiger partial charge in [0.05, 0.1) is 28.6 Å². The van der Waals surface area contributed by atoms with Crippen LogP contribution in [0.2, 0.25) is 0 Å². The van der Waals surface area contributed by atoms with E-state index in [2.05, 4.69) is 29.5 Å². The maximum absolute atomic E-state index is 11.5. The lowest BCUT2D eigenvalue weighted by Gasteiger charge is -2.12. The third-order valence-electron chi connectivity index (χ3n) is 5.12. The molecule has 4 aromatic rings. The summed E-state index contributed by atoms with van der Waals surface area (Å²) in [6.07, 6.45) is 2.44. The highest BCUT2D eigenvalue weighted by Crippen LogP contribution is 2.28. The molecule has 0 saturated heterocycles. The van der Waals surface area contributed by atoms with Gasteiger partial charge >= 0.3 is 5.97 Å². The fraction of sp³-hybridized carbons (Fsp3) is 0.261. The van der Waals surface area contributed by atoms with Crippen LogP contribution in [0.3, 0.4) is 0 Å². The van der Waals surface area contributed by atoms with E-state index in [4.69, 9.17) is 4.98 Å². The number of nitrogens with zero attached hydrogens (tertiary/aromatic N) is 3. The zero-order valence-corrected chi connectivity index (χ0v) is 16.3. The van der Waals surface area contributed by atoms with E-state index in [1.54, 1.807) is 12.1 Å². The van der Waals surface area contributed by atoms with Crippen LogP contribution in [0.5, 0.6) is 0 Å². The number of hydrogen-bond acceptors (Lipinski definition) is 3. The summed E-state index contributed by atoms with van der Waals surface area (Å²) in [5.41, 5.74) is 5.87. The van der Waals surface area contributed by atoms with E-state index >= 15 is 0 Å². The van der Waals surface area contributed by atoms with Crippen LogP contribution >= 0.6 is 0 Å². The van der Waals surface area contributed by atoms with Gasteiger partial charge < -0.3 is 9.67 Å². The third-order valence-corrected chi connectivity index (χ3v) is 5.12. The van der Waals surface area contributed by atoms with Gasteiger partial charge in [0.25, 0.3) is 0 Å². The molecule has 0 amide bonds. The topological polar surface area (TPSA) is 68.0 Å². The summed E-state index contributed by atoms with van der Waals surface area (Å²) in [5, 5.41) is 10.5. The molecule has 0 radical (unpaired) electrons. The normalized spacial score (nSPS) is 11.6. The maximum Gasteiger partial charge on any atom is 0.335 e. The fourth-order valence-corrected chi connectivity index (χ4v) is 3.79. The van der Waals surface area contributed by atoms with E-state index in [-0.39, 0.29) is 0 Å². The van der Waals surface area contributed by atoms with E-state index in [9.17, 15) is 9.90 Å². The highest BCUT2D eigenvalue weighted by atomic mass is 16.4. The molecule has 0 spiro atoms. The van der Waals surface area contributed by atoms with Crippen molar-refractivity contribution in [2.24, 2.45) is 5.92 Å². The monoisotopic (exact) mass is 373 g/mol. The number of carboxylic acid groups (broad SMARTS) is 1. The van der Waals surface area contributed by atoms with Gasteiger partial charge in [-0.25, -0.2) is 9.78 Å². The second kappa shape index (κ2) is 7.08. The van der Waals surface area contributed by atoms with Crippen molar-refractivity contribution in [3.8, 4) is 0 Å². The summed E-state index contributed by atoms with van der Waals surface area (Å²) in [5.74, 6) is -0.403. The predicted molar refractivity (Wildman–Crippen MR) is 111 cm³/mol. The Hall–Kier alpha value is -3.21. The number of hydrogen-bond donors (Lipinski definition) is 1. The van der Waals surface area contributed by atoms with Crippen LogP contribution in [-0.4, -0.2) is 25.6 Å². The number of imidazole rings is 1. The van der Waals surface area contributed by atoms with Gasteiger partial charge in [0.1, 0.15) is 5.52 Å². The van der Waals surface area contributed by atoms with Crippen molar-refractivity contribution in [2.45, 2.75) is 33.7 Å². The van der Waals surface area contributed by atoms with E-state index < -0.39 is 5.97 Å². The summed E-state index contributed by atoms with van der Waals surface area (Å²) in [6, 6.07) is 13.5. The van der Waals surface area contributed by atoms with Gasteiger partial charge in [-0.2, -0.15) is 0 Å². The molecule has 1 N–H and O–H groups in total. The predicted octanol–water partition coefficient (Wildman–Crippen LogP) is 4.84. The average molecular weight is 373 g/mol. The molecule has 2 heterocycles. The molecule has 2 aromatic carbocycles. The first-order chi connectivity index (χ1) is 13.5. The van der Waals surface area contributed by atoms with Crippen LogP contribution in [0.1, 0.15) is 41.0 Å². The number of carboxylic acids is 1. The molecule has 28 heavy (non-hydrogen) atoms. The Balaban J connectivity index is 1.91. The minimum atomic E-state index is -0.905. The highest BCUT2D eigenvalue weighted by molar-refractivity contribution is 6.03. The van der Waals surface area contributed by atoms with E-state index in [0.717, 1.165) is 45.3 Å². The Labute approximate surface area is 163 Å². The van der Waals surface area contributed by atoms with Crippen molar-refractivity contribution >= 4 is 27.9 Å². The number of aromatic nitrogens is 3. The molecule has 0 atom stereocenters. The number of benzene rings is 2. The molecule has 0 saturated carbocycles. The Bertz CT molecular complexity index is 1190. The van der Waals surface area contributed by atoms with Crippen LogP contribution < -0.4 is 0 Å². The van der Waals surface area contributed by atoms with Crippen molar-refractivity contribution in [1.29, 1.82) is 0 Å². The Morgan fingerprint density at radius 3 is 2.68 bits per heavy atom. The smallest absolute Gasteiger partial charge is 0.335 e. The van der Waals surface area contributed by atoms with Gasteiger partial charge in [-0.15, -0.1) is 0 Å². The zero-order chi connectivity index (χ0) is 19.8. The zero-order valence-electron chi connectivity index (χ0n) is 16.3. The van der Waals surface area contributed by atoms with Gasteiger partial charge in [-0.3, -0.25) is 4.98 Å². The van der Waals surface area contributed by atoms with Crippen LogP contribution in [0.4, 0.5) is 0 Å². The number of pyridine rings is 1. The van der Waals surface area contributed by atoms with Crippen molar-refractivity contribution in [3.05, 3.63) is 71.2 Å². The van der Waals surface area contributed by atoms with Crippen molar-refractivity contribution in [3.63, 3.8) is 0 Å². The average Bonchev–Trinajstić information content (AvgIpc) is 3.07. The lowest BCUT2D eigenvalue weighted by Crippen LogP contribution is -2.05. The molecule has 5 heteroatoms. The van der Waals surface area contributed by atoms with Gasteiger partial charge in [-0.05, 0) is 36.1 Å². The summed E-state index contributed by atoms with van der Waals surface area (Å²) < 4.78 is 2.20. The van der Waals surface area contributed by atoms with Crippen molar-refractivity contribution in [2.75, 3.05) is 0 Å². The Morgan fingerprint density at radius 2 is 1.93 bits per heavy atom. The minimum absolute atomic E-state index is 0.333. The van der Waals surface area contributed by atoms with Crippen LogP contribution in [0, 0.1) is 12.8 Å². The number of rotatable bonds is 5. The molecular weight excluding hydrogens is 350 g/mol. The number of fused-ring (bicyclic) bond motifs is 3. The summed E-state index contributed by atoms with van der Waals surface area (Å²) in [7, 11) is 0. The molecule has 0 fully saturated rings. The van der Waals surface area contributed by atoms with E-state index in [1.165, 1.54) is 0 Å². The first-order valence-electron chi connectivity index (χ1n) is 9.50. The van der Waals surface area contributed by atoms with Gasteiger partial charge in [0.2, 0.25) is 0 Å². The van der Waals surface area contributed by atoms with Crippen molar-refractivity contribution < 1.29 is 9.90 Å². The second-order valence-electron chi connectivity index (χ2n) is 7.64.